The second kappa shape index (κ2) is 8.34. The van der Waals surface area contributed by atoms with Gasteiger partial charge in [0.15, 0.2) is 0 Å². The predicted molar refractivity (Wildman–Crippen MR) is 101 cm³/mol. The molecule has 1 fully saturated rings. The fourth-order valence-corrected chi connectivity index (χ4v) is 4.53. The molecule has 0 spiro atoms. The molecule has 6 nitrogen and oxygen atoms in total. The van der Waals surface area contributed by atoms with Crippen LogP contribution in [0.3, 0.4) is 0 Å². The smallest absolute Gasteiger partial charge is 0.243 e. The Morgan fingerprint density at radius 1 is 1.04 bits per heavy atom. The lowest BCUT2D eigenvalue weighted by atomic mass is 10.2. The van der Waals surface area contributed by atoms with Crippen LogP contribution in [0.1, 0.15) is 6.92 Å². The number of piperazine rings is 1. The van der Waals surface area contributed by atoms with Crippen molar-refractivity contribution >= 4 is 21.6 Å². The van der Waals surface area contributed by atoms with Gasteiger partial charge >= 0.3 is 0 Å². The van der Waals surface area contributed by atoms with Crippen molar-refractivity contribution in [1.29, 1.82) is 0 Å². The molecule has 1 saturated heterocycles. The van der Waals surface area contributed by atoms with E-state index in [0.29, 0.717) is 13.1 Å². The minimum absolute atomic E-state index is 0.0914. The van der Waals surface area contributed by atoms with Crippen LogP contribution in [0.5, 0.6) is 0 Å². The molecule has 1 aliphatic rings. The Morgan fingerprint density at radius 3 is 2.36 bits per heavy atom. The van der Waals surface area contributed by atoms with Crippen LogP contribution in [0.2, 0.25) is 0 Å². The minimum Gasteiger partial charge on any atom is -0.322 e. The Morgan fingerprint density at radius 2 is 1.71 bits per heavy atom. The summed E-state index contributed by atoms with van der Waals surface area (Å²) in [5.41, 5.74) is 0.103. The topological polar surface area (TPSA) is 69.7 Å². The van der Waals surface area contributed by atoms with E-state index >= 15 is 0 Å². The van der Waals surface area contributed by atoms with E-state index in [1.165, 1.54) is 40.7 Å². The van der Waals surface area contributed by atoms with Gasteiger partial charge in [-0.1, -0.05) is 18.2 Å². The van der Waals surface area contributed by atoms with Gasteiger partial charge in [0, 0.05) is 26.2 Å². The van der Waals surface area contributed by atoms with Gasteiger partial charge in [0.05, 0.1) is 16.6 Å². The number of benzene rings is 2. The highest BCUT2D eigenvalue weighted by Crippen LogP contribution is 2.20. The lowest BCUT2D eigenvalue weighted by Crippen LogP contribution is -2.53. The summed E-state index contributed by atoms with van der Waals surface area (Å²) in [7, 11) is -3.79. The summed E-state index contributed by atoms with van der Waals surface area (Å²) >= 11 is 0. The molecule has 0 bridgehead atoms. The Bertz CT molecular complexity index is 960. The Labute approximate surface area is 162 Å². The lowest BCUT2D eigenvalue weighted by molar-refractivity contribution is -0.121. The van der Waals surface area contributed by atoms with Crippen LogP contribution in [0, 0.1) is 11.6 Å². The standard InChI is InChI=1S/C19H21F2N3O3S/c1-14(19(25)22-18-8-3-2-7-17(18)21)23-9-11-24(12-10-23)28(26,27)16-6-4-5-15(20)13-16/h2-8,13-14H,9-12H2,1H3,(H,22,25)/t14-/m0/s1. The van der Waals surface area contributed by atoms with Crippen LogP contribution < -0.4 is 5.32 Å². The summed E-state index contributed by atoms with van der Waals surface area (Å²) in [5, 5.41) is 2.55. The van der Waals surface area contributed by atoms with Gasteiger partial charge in [-0.25, -0.2) is 17.2 Å². The van der Waals surface area contributed by atoms with E-state index in [4.69, 9.17) is 0 Å². The van der Waals surface area contributed by atoms with Crippen molar-refractivity contribution in [3.8, 4) is 0 Å². The Balaban J connectivity index is 1.61. The van der Waals surface area contributed by atoms with Crippen LogP contribution >= 0.6 is 0 Å². The maximum atomic E-state index is 13.7. The number of hydrogen-bond acceptors (Lipinski definition) is 4. The van der Waals surface area contributed by atoms with Gasteiger partial charge in [0.2, 0.25) is 15.9 Å². The Hall–Kier alpha value is -2.36. The minimum atomic E-state index is -3.79. The van der Waals surface area contributed by atoms with Crippen molar-refractivity contribution in [3.05, 3.63) is 60.2 Å². The number of nitrogens with one attached hydrogen (secondary N) is 1. The Kier molecular flexibility index (Phi) is 6.07. The van der Waals surface area contributed by atoms with Crippen LogP contribution in [0.25, 0.3) is 0 Å². The number of rotatable bonds is 5. The number of carbonyl (C=O) groups excluding carboxylic acids is 1. The van der Waals surface area contributed by atoms with Crippen molar-refractivity contribution < 1.29 is 22.0 Å². The quantitative estimate of drug-likeness (QED) is 0.823. The fraction of sp³-hybridized carbons (Fsp3) is 0.316. The molecule has 1 heterocycles. The predicted octanol–water partition coefficient (Wildman–Crippen LogP) is 2.30. The highest BCUT2D eigenvalue weighted by atomic mass is 32.2. The number of amides is 1. The third-order valence-corrected chi connectivity index (χ3v) is 6.66. The highest BCUT2D eigenvalue weighted by molar-refractivity contribution is 7.89. The molecule has 0 aliphatic carbocycles. The molecular weight excluding hydrogens is 388 g/mol. The third-order valence-electron chi connectivity index (χ3n) is 4.77. The molecule has 1 aliphatic heterocycles. The van der Waals surface area contributed by atoms with Crippen LogP contribution in [0.4, 0.5) is 14.5 Å². The first-order valence-corrected chi connectivity index (χ1v) is 10.3. The molecule has 1 atom stereocenters. The number of anilines is 1. The number of hydrogen-bond donors (Lipinski definition) is 1. The average Bonchev–Trinajstić information content (AvgIpc) is 2.69. The molecule has 9 heteroatoms. The van der Waals surface area contributed by atoms with E-state index < -0.39 is 27.7 Å². The van der Waals surface area contributed by atoms with Crippen molar-refractivity contribution in [2.24, 2.45) is 0 Å². The largest absolute Gasteiger partial charge is 0.322 e. The van der Waals surface area contributed by atoms with Gasteiger partial charge in [-0.15, -0.1) is 0 Å². The first-order valence-electron chi connectivity index (χ1n) is 8.84. The molecule has 2 aromatic rings. The number of sulfonamides is 1. The second-order valence-corrected chi connectivity index (χ2v) is 8.48. The summed E-state index contributed by atoms with van der Waals surface area (Å²) in [6, 6.07) is 10.2. The fourth-order valence-electron chi connectivity index (χ4n) is 3.07. The molecule has 1 N–H and O–H groups in total. The maximum Gasteiger partial charge on any atom is 0.243 e. The summed E-state index contributed by atoms with van der Waals surface area (Å²) in [4.78, 5) is 14.1. The molecule has 2 aromatic carbocycles. The lowest BCUT2D eigenvalue weighted by Gasteiger charge is -2.36. The molecule has 0 saturated carbocycles. The van der Waals surface area contributed by atoms with Gasteiger partial charge in [0.25, 0.3) is 0 Å². The monoisotopic (exact) mass is 409 g/mol. The van der Waals surface area contributed by atoms with E-state index in [1.807, 2.05) is 4.90 Å². The van der Waals surface area contributed by atoms with Gasteiger partial charge < -0.3 is 5.32 Å². The number of halogens is 2. The first kappa shape index (κ1) is 20.4. The van der Waals surface area contributed by atoms with Gasteiger partial charge in [-0.05, 0) is 37.3 Å². The number of para-hydroxylation sites is 1. The molecule has 150 valence electrons. The second-order valence-electron chi connectivity index (χ2n) is 6.54. The van der Waals surface area contributed by atoms with E-state index in [1.54, 1.807) is 13.0 Å². The van der Waals surface area contributed by atoms with Crippen LogP contribution in [0.15, 0.2) is 53.4 Å². The molecule has 1 amide bonds. The zero-order chi connectivity index (χ0) is 20.3. The van der Waals surface area contributed by atoms with Crippen LogP contribution in [-0.2, 0) is 14.8 Å². The normalized spacial score (nSPS) is 17.2. The number of carbonyl (C=O) groups is 1. The molecular formula is C19H21F2N3O3S. The van der Waals surface area contributed by atoms with Gasteiger partial charge in [-0.2, -0.15) is 4.31 Å². The zero-order valence-corrected chi connectivity index (χ0v) is 16.1. The third kappa shape index (κ3) is 4.37. The summed E-state index contributed by atoms with van der Waals surface area (Å²) in [6.45, 7) is 2.71. The van der Waals surface area contributed by atoms with Crippen molar-refractivity contribution in [1.82, 2.24) is 9.21 Å². The maximum absolute atomic E-state index is 13.7. The zero-order valence-electron chi connectivity index (χ0n) is 15.3. The summed E-state index contributed by atoms with van der Waals surface area (Å²) in [5.74, 6) is -1.50. The molecule has 3 rings (SSSR count). The van der Waals surface area contributed by atoms with Gasteiger partial charge in [-0.3, -0.25) is 9.69 Å². The summed E-state index contributed by atoms with van der Waals surface area (Å²) in [6.07, 6.45) is 0. The average molecular weight is 409 g/mol. The molecule has 0 radical (unpaired) electrons. The van der Waals surface area contributed by atoms with Crippen LogP contribution in [-0.4, -0.2) is 55.8 Å². The first-order chi connectivity index (χ1) is 13.3. The molecule has 0 aromatic heterocycles. The molecule has 28 heavy (non-hydrogen) atoms. The van der Waals surface area contributed by atoms with Crippen molar-refractivity contribution in [3.63, 3.8) is 0 Å². The summed E-state index contributed by atoms with van der Waals surface area (Å²) < 4.78 is 53.6. The van der Waals surface area contributed by atoms with Gasteiger partial charge in [0.1, 0.15) is 11.6 Å². The van der Waals surface area contributed by atoms with E-state index in [9.17, 15) is 22.0 Å². The van der Waals surface area contributed by atoms with Crippen molar-refractivity contribution in [2.75, 3.05) is 31.5 Å². The SMILES string of the molecule is C[C@@H](C(=O)Nc1ccccc1F)N1CCN(S(=O)(=O)c2cccc(F)c2)CC1. The van der Waals surface area contributed by atoms with Crippen molar-refractivity contribution in [2.45, 2.75) is 17.9 Å². The number of nitrogens with zero attached hydrogens (tertiary/aromatic N) is 2. The molecule has 0 unspecified atom stereocenters. The van der Waals surface area contributed by atoms with E-state index in [-0.39, 0.29) is 29.6 Å². The van der Waals surface area contributed by atoms with E-state index in [0.717, 1.165) is 6.07 Å². The highest BCUT2D eigenvalue weighted by Gasteiger charge is 2.32. The van der Waals surface area contributed by atoms with E-state index in [2.05, 4.69) is 5.32 Å².